The van der Waals surface area contributed by atoms with Crippen molar-refractivity contribution in [2.24, 2.45) is 4.99 Å². The van der Waals surface area contributed by atoms with Gasteiger partial charge in [-0.25, -0.2) is 0 Å². The van der Waals surface area contributed by atoms with Crippen molar-refractivity contribution in [1.82, 2.24) is 30.6 Å². The second kappa shape index (κ2) is 11.4. The number of hydrogen-bond acceptors (Lipinski definition) is 5. The fraction of sp³-hybridized carbons (Fsp3) is 0.684. The van der Waals surface area contributed by atoms with E-state index in [1.807, 2.05) is 6.07 Å². The summed E-state index contributed by atoms with van der Waals surface area (Å²) in [4.78, 5) is 4.26. The van der Waals surface area contributed by atoms with Crippen molar-refractivity contribution >= 4 is 29.9 Å². The van der Waals surface area contributed by atoms with Gasteiger partial charge in [0, 0.05) is 39.0 Å². The highest BCUT2D eigenvalue weighted by atomic mass is 127. The molecule has 2 aromatic rings. The standard InChI is InChI=1S/C19H31N7O.HI/c1-14(2)16-12-15(27-25-16)13-22-19(20-3)21-10-7-9-18-24-23-17-8-5-4-6-11-26(17)18;/h12,14H,4-11,13H2,1-3H3,(H2,20,21,22);1H. The van der Waals surface area contributed by atoms with E-state index >= 15 is 0 Å². The zero-order valence-electron chi connectivity index (χ0n) is 17.1. The number of nitrogens with zero attached hydrogens (tertiary/aromatic N) is 5. The lowest BCUT2D eigenvalue weighted by molar-refractivity contribution is 0.372. The zero-order valence-corrected chi connectivity index (χ0v) is 19.4. The van der Waals surface area contributed by atoms with Crippen molar-refractivity contribution in [1.29, 1.82) is 0 Å². The van der Waals surface area contributed by atoms with Gasteiger partial charge >= 0.3 is 0 Å². The number of rotatable bonds is 7. The first-order chi connectivity index (χ1) is 13.2. The minimum atomic E-state index is 0. The average Bonchev–Trinajstić information content (AvgIpc) is 3.22. The van der Waals surface area contributed by atoms with Crippen molar-refractivity contribution < 1.29 is 4.52 Å². The first kappa shape index (κ1) is 22.6. The second-order valence-corrected chi connectivity index (χ2v) is 7.32. The number of hydrogen-bond donors (Lipinski definition) is 2. The summed E-state index contributed by atoms with van der Waals surface area (Å²) in [7, 11) is 1.77. The maximum Gasteiger partial charge on any atom is 0.191 e. The molecular weight excluding hydrogens is 469 g/mol. The molecule has 1 aliphatic rings. The Morgan fingerprint density at radius 3 is 2.86 bits per heavy atom. The highest BCUT2D eigenvalue weighted by Crippen LogP contribution is 2.15. The first-order valence-electron chi connectivity index (χ1n) is 9.98. The van der Waals surface area contributed by atoms with Gasteiger partial charge in [-0.15, -0.1) is 34.2 Å². The summed E-state index contributed by atoms with van der Waals surface area (Å²) in [5.74, 6) is 4.21. The molecule has 0 aliphatic carbocycles. The minimum Gasteiger partial charge on any atom is -0.359 e. The lowest BCUT2D eigenvalue weighted by Gasteiger charge is -2.11. The van der Waals surface area contributed by atoms with Gasteiger partial charge in [0.15, 0.2) is 11.7 Å². The fourth-order valence-corrected chi connectivity index (χ4v) is 3.26. The van der Waals surface area contributed by atoms with Crippen LogP contribution in [0.5, 0.6) is 0 Å². The van der Waals surface area contributed by atoms with E-state index in [4.69, 9.17) is 4.52 Å². The van der Waals surface area contributed by atoms with Gasteiger partial charge in [0.2, 0.25) is 0 Å². The van der Waals surface area contributed by atoms with Crippen LogP contribution in [-0.2, 0) is 25.9 Å². The normalized spacial score (nSPS) is 14.4. The Labute approximate surface area is 184 Å². The van der Waals surface area contributed by atoms with E-state index in [0.717, 1.165) is 61.4 Å². The molecule has 3 rings (SSSR count). The van der Waals surface area contributed by atoms with Gasteiger partial charge in [0.25, 0.3) is 0 Å². The van der Waals surface area contributed by atoms with Crippen molar-refractivity contribution in [2.75, 3.05) is 13.6 Å². The van der Waals surface area contributed by atoms with Crippen LogP contribution in [0.1, 0.15) is 68.6 Å². The predicted octanol–water partition coefficient (Wildman–Crippen LogP) is 3.03. The third kappa shape index (κ3) is 6.18. The molecule has 0 saturated heterocycles. The van der Waals surface area contributed by atoms with E-state index in [2.05, 4.69) is 49.4 Å². The van der Waals surface area contributed by atoms with Crippen molar-refractivity contribution in [2.45, 2.75) is 71.4 Å². The lowest BCUT2D eigenvalue weighted by Crippen LogP contribution is -2.37. The Hall–Kier alpha value is -1.65. The maximum absolute atomic E-state index is 5.35. The summed E-state index contributed by atoms with van der Waals surface area (Å²) < 4.78 is 7.66. The molecule has 156 valence electrons. The van der Waals surface area contributed by atoms with Crippen LogP contribution in [0.3, 0.4) is 0 Å². The summed E-state index contributed by atoms with van der Waals surface area (Å²) >= 11 is 0. The molecule has 0 aromatic carbocycles. The molecule has 1 aliphatic heterocycles. The molecule has 0 spiro atoms. The molecule has 3 heterocycles. The van der Waals surface area contributed by atoms with Gasteiger partial charge < -0.3 is 19.7 Å². The Kier molecular flexibility index (Phi) is 9.20. The van der Waals surface area contributed by atoms with Crippen LogP contribution >= 0.6 is 24.0 Å². The number of fused-ring (bicyclic) bond motifs is 1. The second-order valence-electron chi connectivity index (χ2n) is 7.32. The Bertz CT molecular complexity index is 753. The smallest absolute Gasteiger partial charge is 0.191 e. The summed E-state index contributed by atoms with van der Waals surface area (Å²) in [6.45, 7) is 6.66. The third-order valence-corrected chi connectivity index (χ3v) is 4.88. The molecule has 9 heteroatoms. The Balaban J connectivity index is 0.00000280. The van der Waals surface area contributed by atoms with E-state index in [0.29, 0.717) is 12.5 Å². The summed E-state index contributed by atoms with van der Waals surface area (Å²) in [5.41, 5.74) is 0.974. The van der Waals surface area contributed by atoms with Crippen LogP contribution in [0.15, 0.2) is 15.6 Å². The van der Waals surface area contributed by atoms with E-state index in [-0.39, 0.29) is 24.0 Å². The maximum atomic E-state index is 5.35. The molecule has 0 unspecified atom stereocenters. The number of aryl methyl sites for hydroxylation is 2. The van der Waals surface area contributed by atoms with Crippen LogP contribution in [0.25, 0.3) is 0 Å². The highest BCUT2D eigenvalue weighted by Gasteiger charge is 2.14. The van der Waals surface area contributed by atoms with Gasteiger partial charge in [0.1, 0.15) is 11.6 Å². The Morgan fingerprint density at radius 2 is 2.11 bits per heavy atom. The van der Waals surface area contributed by atoms with Gasteiger partial charge in [-0.05, 0) is 25.2 Å². The summed E-state index contributed by atoms with van der Waals surface area (Å²) in [6.07, 6.45) is 6.71. The molecule has 2 aromatic heterocycles. The van der Waals surface area contributed by atoms with Gasteiger partial charge in [0.05, 0.1) is 12.2 Å². The molecular formula is C19H32IN7O. The number of aromatic nitrogens is 4. The molecule has 0 radical (unpaired) electrons. The van der Waals surface area contributed by atoms with Gasteiger partial charge in [-0.2, -0.15) is 0 Å². The molecule has 28 heavy (non-hydrogen) atoms. The monoisotopic (exact) mass is 501 g/mol. The average molecular weight is 501 g/mol. The van der Waals surface area contributed by atoms with Crippen molar-refractivity contribution in [3.05, 3.63) is 29.2 Å². The highest BCUT2D eigenvalue weighted by molar-refractivity contribution is 14.0. The summed E-state index contributed by atoms with van der Waals surface area (Å²) in [6, 6.07) is 1.99. The van der Waals surface area contributed by atoms with Crippen LogP contribution in [-0.4, -0.2) is 39.5 Å². The van der Waals surface area contributed by atoms with Crippen molar-refractivity contribution in [3.8, 4) is 0 Å². The van der Waals surface area contributed by atoms with Crippen LogP contribution in [0, 0.1) is 0 Å². The van der Waals surface area contributed by atoms with Crippen LogP contribution in [0.2, 0.25) is 0 Å². The largest absolute Gasteiger partial charge is 0.359 e. The molecule has 0 amide bonds. The van der Waals surface area contributed by atoms with E-state index in [9.17, 15) is 0 Å². The molecule has 0 bridgehead atoms. The molecule has 0 atom stereocenters. The van der Waals surface area contributed by atoms with Crippen molar-refractivity contribution in [3.63, 3.8) is 0 Å². The van der Waals surface area contributed by atoms with Gasteiger partial charge in [-0.1, -0.05) is 25.4 Å². The van der Waals surface area contributed by atoms with Gasteiger partial charge in [-0.3, -0.25) is 4.99 Å². The molecule has 2 N–H and O–H groups in total. The predicted molar refractivity (Wildman–Crippen MR) is 120 cm³/mol. The Morgan fingerprint density at radius 1 is 1.25 bits per heavy atom. The van der Waals surface area contributed by atoms with Crippen LogP contribution < -0.4 is 10.6 Å². The van der Waals surface area contributed by atoms with E-state index in [1.54, 1.807) is 7.05 Å². The zero-order chi connectivity index (χ0) is 19.1. The van der Waals surface area contributed by atoms with E-state index in [1.165, 1.54) is 19.3 Å². The molecule has 0 saturated carbocycles. The quantitative estimate of drug-likeness (QED) is 0.262. The third-order valence-electron chi connectivity index (χ3n) is 4.88. The topological polar surface area (TPSA) is 93.2 Å². The number of nitrogens with one attached hydrogen (secondary N) is 2. The fourth-order valence-electron chi connectivity index (χ4n) is 3.26. The van der Waals surface area contributed by atoms with Crippen LogP contribution in [0.4, 0.5) is 0 Å². The minimum absolute atomic E-state index is 0. The molecule has 8 nitrogen and oxygen atoms in total. The number of aliphatic imine (C=N–C) groups is 1. The molecule has 0 fully saturated rings. The number of halogens is 1. The van der Waals surface area contributed by atoms with E-state index < -0.39 is 0 Å². The summed E-state index contributed by atoms with van der Waals surface area (Å²) in [5, 5.41) is 19.4. The lowest BCUT2D eigenvalue weighted by atomic mass is 10.1. The number of guanidine groups is 1. The first-order valence-corrected chi connectivity index (χ1v) is 9.98. The SMILES string of the molecule is CN=C(NCCCc1nnc2n1CCCCC2)NCc1cc(C(C)C)no1.I.